The molecule has 1 aliphatic rings. The van der Waals surface area contributed by atoms with Crippen LogP contribution in [0.15, 0.2) is 91.0 Å². The fraction of sp³-hybridized carbons (Fsp3) is 0.194. The first kappa shape index (κ1) is 24.8. The summed E-state index contributed by atoms with van der Waals surface area (Å²) in [5.41, 5.74) is 5.39. The number of hydrogen-bond acceptors (Lipinski definition) is 3. The minimum atomic E-state index is -0.785. The molecule has 0 aromatic heterocycles. The van der Waals surface area contributed by atoms with Gasteiger partial charge >= 0.3 is 0 Å². The van der Waals surface area contributed by atoms with Crippen molar-refractivity contribution in [3.05, 3.63) is 130 Å². The van der Waals surface area contributed by atoms with Gasteiger partial charge in [-0.2, -0.15) is 0 Å². The van der Waals surface area contributed by atoms with Gasteiger partial charge in [-0.05, 0) is 70.6 Å². The number of aliphatic hydroxyl groups is 1. The summed E-state index contributed by atoms with van der Waals surface area (Å²) >= 11 is 0. The molecule has 6 heteroatoms. The molecule has 1 amide bonds. The second-order valence-corrected chi connectivity index (χ2v) is 9.37. The third-order valence-corrected chi connectivity index (χ3v) is 6.80. The highest BCUT2D eigenvalue weighted by Crippen LogP contribution is 2.33. The third kappa shape index (κ3) is 5.77. The molecule has 2 atom stereocenters. The van der Waals surface area contributed by atoms with E-state index in [2.05, 4.69) is 10.6 Å². The minimum absolute atomic E-state index is 0.0565. The Labute approximate surface area is 215 Å². The third-order valence-electron chi connectivity index (χ3n) is 6.80. The lowest BCUT2D eigenvalue weighted by Gasteiger charge is -2.19. The standard InChI is InChI=1S/C31H28F2N2O2/c32-25-11-7-20(8-12-25)14-15-34-19-21-6-9-24-18-29(36)30(27(24)16-21)35-31(37)26-13-10-23(17-28(26)33)22-4-2-1-3-5-22/h1-13,16-17,29-30,34,36H,14-15,18-19H2,(H,35,37)/t29-,30-/m1/s1. The predicted octanol–water partition coefficient (Wildman–Crippen LogP) is 5.35. The van der Waals surface area contributed by atoms with Crippen LogP contribution in [0, 0.1) is 11.6 Å². The van der Waals surface area contributed by atoms with Crippen LogP contribution in [0.3, 0.4) is 0 Å². The Morgan fingerprint density at radius 3 is 2.38 bits per heavy atom. The zero-order chi connectivity index (χ0) is 25.8. The fourth-order valence-corrected chi connectivity index (χ4v) is 4.80. The van der Waals surface area contributed by atoms with Gasteiger partial charge in [0.05, 0.1) is 17.7 Å². The van der Waals surface area contributed by atoms with E-state index < -0.39 is 23.9 Å². The quantitative estimate of drug-likeness (QED) is 0.287. The Kier molecular flexibility index (Phi) is 7.40. The minimum Gasteiger partial charge on any atom is -0.390 e. The highest BCUT2D eigenvalue weighted by Gasteiger charge is 2.33. The van der Waals surface area contributed by atoms with Crippen molar-refractivity contribution >= 4 is 5.91 Å². The van der Waals surface area contributed by atoms with Crippen molar-refractivity contribution in [2.45, 2.75) is 31.5 Å². The summed E-state index contributed by atoms with van der Waals surface area (Å²) in [4.78, 5) is 13.0. The van der Waals surface area contributed by atoms with E-state index in [1.165, 1.54) is 24.3 Å². The van der Waals surface area contributed by atoms with Crippen LogP contribution in [-0.2, 0) is 19.4 Å². The average Bonchev–Trinajstić information content (AvgIpc) is 3.22. The molecule has 0 radical (unpaired) electrons. The molecule has 0 saturated heterocycles. The molecule has 5 rings (SSSR count). The molecule has 0 fully saturated rings. The van der Waals surface area contributed by atoms with E-state index in [0.717, 1.165) is 40.8 Å². The van der Waals surface area contributed by atoms with Crippen LogP contribution in [0.25, 0.3) is 11.1 Å². The van der Waals surface area contributed by atoms with Crippen molar-refractivity contribution in [3.8, 4) is 11.1 Å². The predicted molar refractivity (Wildman–Crippen MR) is 140 cm³/mol. The van der Waals surface area contributed by atoms with Crippen molar-refractivity contribution in [2.24, 2.45) is 0 Å². The lowest BCUT2D eigenvalue weighted by molar-refractivity contribution is 0.0854. The molecule has 4 nitrogen and oxygen atoms in total. The van der Waals surface area contributed by atoms with Gasteiger partial charge in [-0.1, -0.05) is 66.7 Å². The van der Waals surface area contributed by atoms with E-state index in [-0.39, 0.29) is 11.4 Å². The van der Waals surface area contributed by atoms with Gasteiger partial charge < -0.3 is 15.7 Å². The van der Waals surface area contributed by atoms with Gasteiger partial charge in [-0.25, -0.2) is 8.78 Å². The fourth-order valence-electron chi connectivity index (χ4n) is 4.80. The number of fused-ring (bicyclic) bond motifs is 1. The van der Waals surface area contributed by atoms with E-state index in [1.54, 1.807) is 18.2 Å². The first-order valence-electron chi connectivity index (χ1n) is 12.4. The molecule has 0 bridgehead atoms. The van der Waals surface area contributed by atoms with E-state index in [9.17, 15) is 18.7 Å². The number of aliphatic hydroxyl groups excluding tert-OH is 1. The zero-order valence-corrected chi connectivity index (χ0v) is 20.3. The SMILES string of the molecule is O=C(N[C@@H]1c2cc(CNCCc3ccc(F)cc3)ccc2C[C@H]1O)c1ccc(-c2ccccc2)cc1F. The molecular formula is C31H28F2N2O2. The maximum absolute atomic E-state index is 14.9. The number of halogens is 2. The normalized spacial score (nSPS) is 16.4. The summed E-state index contributed by atoms with van der Waals surface area (Å²) in [5.74, 6) is -1.41. The second-order valence-electron chi connectivity index (χ2n) is 9.37. The number of amides is 1. The summed E-state index contributed by atoms with van der Waals surface area (Å²) < 4.78 is 27.9. The molecule has 0 spiro atoms. The smallest absolute Gasteiger partial charge is 0.254 e. The molecule has 3 N–H and O–H groups in total. The maximum atomic E-state index is 14.9. The molecule has 0 unspecified atom stereocenters. The summed E-state index contributed by atoms with van der Waals surface area (Å²) in [5, 5.41) is 16.9. The molecule has 0 saturated carbocycles. The van der Waals surface area contributed by atoms with Crippen molar-refractivity contribution in [3.63, 3.8) is 0 Å². The van der Waals surface area contributed by atoms with Gasteiger partial charge in [-0.3, -0.25) is 4.79 Å². The lowest BCUT2D eigenvalue weighted by atomic mass is 10.0. The van der Waals surface area contributed by atoms with Gasteiger partial charge in [0.2, 0.25) is 0 Å². The van der Waals surface area contributed by atoms with Gasteiger partial charge in [0, 0.05) is 13.0 Å². The van der Waals surface area contributed by atoms with Gasteiger partial charge in [0.15, 0.2) is 0 Å². The molecule has 37 heavy (non-hydrogen) atoms. The molecule has 1 aliphatic carbocycles. The summed E-state index contributed by atoms with van der Waals surface area (Å²) in [7, 11) is 0. The van der Waals surface area contributed by atoms with E-state index in [4.69, 9.17) is 0 Å². The zero-order valence-electron chi connectivity index (χ0n) is 20.3. The number of nitrogens with one attached hydrogen (secondary N) is 2. The van der Waals surface area contributed by atoms with Gasteiger partial charge in [0.1, 0.15) is 11.6 Å². The second kappa shape index (κ2) is 11.0. The summed E-state index contributed by atoms with van der Waals surface area (Å²) in [6.07, 6.45) is 0.415. The van der Waals surface area contributed by atoms with Crippen molar-refractivity contribution in [2.75, 3.05) is 6.54 Å². The lowest BCUT2D eigenvalue weighted by Crippen LogP contribution is -2.34. The van der Waals surface area contributed by atoms with Crippen molar-refractivity contribution in [1.29, 1.82) is 0 Å². The molecule has 0 heterocycles. The van der Waals surface area contributed by atoms with E-state index in [1.807, 2.05) is 48.5 Å². The van der Waals surface area contributed by atoms with Crippen LogP contribution in [0.2, 0.25) is 0 Å². The Balaban J connectivity index is 1.23. The van der Waals surface area contributed by atoms with Crippen molar-refractivity contribution in [1.82, 2.24) is 10.6 Å². The molecule has 188 valence electrons. The first-order valence-corrected chi connectivity index (χ1v) is 12.4. The van der Waals surface area contributed by atoms with Gasteiger partial charge in [-0.15, -0.1) is 0 Å². The summed E-state index contributed by atoms with van der Waals surface area (Å²) in [6.45, 7) is 1.34. The summed E-state index contributed by atoms with van der Waals surface area (Å²) in [6, 6.07) is 25.8. The Hall–Kier alpha value is -3.87. The Morgan fingerprint density at radius 2 is 1.62 bits per heavy atom. The Bertz CT molecular complexity index is 1390. The average molecular weight is 499 g/mol. The van der Waals surface area contributed by atoms with Crippen LogP contribution in [-0.4, -0.2) is 23.7 Å². The number of carbonyl (C=O) groups is 1. The molecule has 4 aromatic carbocycles. The number of rotatable bonds is 8. The number of benzene rings is 4. The highest BCUT2D eigenvalue weighted by atomic mass is 19.1. The number of hydrogen-bond donors (Lipinski definition) is 3. The van der Waals surface area contributed by atoms with Crippen molar-refractivity contribution < 1.29 is 18.7 Å². The van der Waals surface area contributed by atoms with E-state index >= 15 is 0 Å². The van der Waals surface area contributed by atoms with Crippen LogP contribution in [0.5, 0.6) is 0 Å². The largest absolute Gasteiger partial charge is 0.390 e. The molecule has 0 aliphatic heterocycles. The van der Waals surface area contributed by atoms with Crippen LogP contribution >= 0.6 is 0 Å². The highest BCUT2D eigenvalue weighted by molar-refractivity contribution is 5.95. The molecular weight excluding hydrogens is 470 g/mol. The van der Waals surface area contributed by atoms with Crippen LogP contribution < -0.4 is 10.6 Å². The topological polar surface area (TPSA) is 61.4 Å². The maximum Gasteiger partial charge on any atom is 0.254 e. The number of carbonyl (C=O) groups excluding carboxylic acids is 1. The first-order chi connectivity index (χ1) is 18.0. The van der Waals surface area contributed by atoms with E-state index in [0.29, 0.717) is 18.5 Å². The van der Waals surface area contributed by atoms with Crippen LogP contribution in [0.1, 0.15) is 38.7 Å². The monoisotopic (exact) mass is 498 g/mol. The van der Waals surface area contributed by atoms with Crippen LogP contribution in [0.4, 0.5) is 8.78 Å². The van der Waals surface area contributed by atoms with Gasteiger partial charge in [0.25, 0.3) is 5.91 Å². The Morgan fingerprint density at radius 1 is 0.865 bits per heavy atom. The molecule has 4 aromatic rings.